The molecule has 1 aliphatic heterocycles. The summed E-state index contributed by atoms with van der Waals surface area (Å²) >= 11 is 3.64. The van der Waals surface area contributed by atoms with Gasteiger partial charge in [-0.2, -0.15) is 0 Å². The van der Waals surface area contributed by atoms with Crippen LogP contribution in [-0.2, 0) is 13.2 Å². The number of methoxy groups -OCH3 is 1. The lowest BCUT2D eigenvalue weighted by molar-refractivity contribution is 0.174. The first-order chi connectivity index (χ1) is 13.7. The van der Waals surface area contributed by atoms with Gasteiger partial charge < -0.3 is 24.3 Å². The summed E-state index contributed by atoms with van der Waals surface area (Å²) in [6, 6.07) is 19.8. The monoisotopic (exact) mass is 441 g/mol. The second-order valence-corrected chi connectivity index (χ2v) is 7.14. The van der Waals surface area contributed by atoms with Gasteiger partial charge in [-0.05, 0) is 35.4 Å². The zero-order valence-electron chi connectivity index (χ0n) is 15.4. The Kier molecular flexibility index (Phi) is 5.58. The first-order valence-corrected chi connectivity index (χ1v) is 9.69. The Bertz CT molecular complexity index is 962. The molecule has 144 valence electrons. The number of ether oxygens (including phenoxy) is 4. The Labute approximate surface area is 172 Å². The molecular weight excluding hydrogens is 422 g/mol. The summed E-state index contributed by atoms with van der Waals surface area (Å²) in [5.41, 5.74) is 3.12. The molecule has 3 aromatic carbocycles. The molecule has 0 saturated heterocycles. The van der Waals surface area contributed by atoms with Crippen molar-refractivity contribution in [1.82, 2.24) is 0 Å². The van der Waals surface area contributed by atoms with E-state index in [1.54, 1.807) is 7.11 Å². The highest BCUT2D eigenvalue weighted by atomic mass is 79.9. The Morgan fingerprint density at radius 3 is 2.61 bits per heavy atom. The van der Waals surface area contributed by atoms with Gasteiger partial charge in [-0.3, -0.25) is 0 Å². The van der Waals surface area contributed by atoms with Gasteiger partial charge in [0.1, 0.15) is 6.61 Å². The smallest absolute Gasteiger partial charge is 0.231 e. The van der Waals surface area contributed by atoms with Crippen LogP contribution in [-0.4, -0.2) is 13.9 Å². The molecule has 0 atom stereocenters. The zero-order valence-corrected chi connectivity index (χ0v) is 17.0. The standard InChI is InChI=1S/C22H20BrNO4/c1-25-20-9-16(12-24-17-7-8-19-21(10-17)28-14-27-19)18(23)11-22(20)26-13-15-5-3-2-4-6-15/h2-11,24H,12-14H2,1H3. The summed E-state index contributed by atoms with van der Waals surface area (Å²) in [4.78, 5) is 0. The summed E-state index contributed by atoms with van der Waals surface area (Å²) in [5.74, 6) is 2.92. The van der Waals surface area contributed by atoms with Crippen LogP contribution in [0.4, 0.5) is 5.69 Å². The SMILES string of the molecule is COc1cc(CNc2ccc3c(c2)OCO3)c(Br)cc1OCc1ccccc1. The largest absolute Gasteiger partial charge is 0.493 e. The number of nitrogens with one attached hydrogen (secondary N) is 1. The van der Waals surface area contributed by atoms with Crippen molar-refractivity contribution < 1.29 is 18.9 Å². The van der Waals surface area contributed by atoms with E-state index >= 15 is 0 Å². The van der Waals surface area contributed by atoms with Gasteiger partial charge in [0, 0.05) is 22.8 Å². The second kappa shape index (κ2) is 8.44. The molecule has 1 N–H and O–H groups in total. The van der Waals surface area contributed by atoms with Gasteiger partial charge in [0.15, 0.2) is 23.0 Å². The average Bonchev–Trinajstić information content (AvgIpc) is 3.20. The van der Waals surface area contributed by atoms with Crippen molar-refractivity contribution in [2.75, 3.05) is 19.2 Å². The first kappa shape index (κ1) is 18.5. The van der Waals surface area contributed by atoms with Gasteiger partial charge in [0.2, 0.25) is 6.79 Å². The molecule has 0 bridgehead atoms. The Hall–Kier alpha value is -2.86. The van der Waals surface area contributed by atoms with Crippen LogP contribution in [0.1, 0.15) is 11.1 Å². The van der Waals surface area contributed by atoms with Crippen LogP contribution in [0.25, 0.3) is 0 Å². The Morgan fingerprint density at radius 2 is 1.79 bits per heavy atom. The minimum Gasteiger partial charge on any atom is -0.493 e. The van der Waals surface area contributed by atoms with E-state index in [1.165, 1.54) is 0 Å². The minimum absolute atomic E-state index is 0.270. The summed E-state index contributed by atoms with van der Waals surface area (Å²) in [6.45, 7) is 1.37. The van der Waals surface area contributed by atoms with E-state index in [0.29, 0.717) is 24.7 Å². The fraction of sp³-hybridized carbons (Fsp3) is 0.182. The third kappa shape index (κ3) is 4.17. The van der Waals surface area contributed by atoms with Gasteiger partial charge >= 0.3 is 0 Å². The molecule has 0 fully saturated rings. The van der Waals surface area contributed by atoms with Crippen molar-refractivity contribution >= 4 is 21.6 Å². The Morgan fingerprint density at radius 1 is 0.964 bits per heavy atom. The highest BCUT2D eigenvalue weighted by Gasteiger charge is 2.14. The van der Waals surface area contributed by atoms with E-state index in [-0.39, 0.29) is 6.79 Å². The molecule has 4 rings (SSSR count). The number of anilines is 1. The van der Waals surface area contributed by atoms with Crippen molar-refractivity contribution in [3.63, 3.8) is 0 Å². The van der Waals surface area contributed by atoms with Gasteiger partial charge in [0.05, 0.1) is 7.11 Å². The molecule has 1 aliphatic rings. The predicted molar refractivity (Wildman–Crippen MR) is 111 cm³/mol. The zero-order chi connectivity index (χ0) is 19.3. The van der Waals surface area contributed by atoms with E-state index in [0.717, 1.165) is 32.8 Å². The van der Waals surface area contributed by atoms with E-state index in [4.69, 9.17) is 18.9 Å². The lowest BCUT2D eigenvalue weighted by atomic mass is 10.2. The highest BCUT2D eigenvalue weighted by Crippen LogP contribution is 2.36. The highest BCUT2D eigenvalue weighted by molar-refractivity contribution is 9.10. The molecule has 0 aliphatic carbocycles. The van der Waals surface area contributed by atoms with Crippen LogP contribution in [0, 0.1) is 0 Å². The van der Waals surface area contributed by atoms with Crippen molar-refractivity contribution in [3.8, 4) is 23.0 Å². The number of halogens is 1. The molecule has 28 heavy (non-hydrogen) atoms. The van der Waals surface area contributed by atoms with E-state index in [1.807, 2.05) is 60.7 Å². The van der Waals surface area contributed by atoms with E-state index in [9.17, 15) is 0 Å². The molecule has 0 aromatic heterocycles. The Balaban J connectivity index is 1.45. The maximum Gasteiger partial charge on any atom is 0.231 e. The molecule has 0 amide bonds. The fourth-order valence-electron chi connectivity index (χ4n) is 2.92. The molecule has 0 radical (unpaired) electrons. The van der Waals surface area contributed by atoms with Crippen LogP contribution in [0.2, 0.25) is 0 Å². The third-order valence-electron chi connectivity index (χ3n) is 4.43. The predicted octanol–water partition coefficient (Wildman–Crippen LogP) is 5.38. The van der Waals surface area contributed by atoms with E-state index < -0.39 is 0 Å². The summed E-state index contributed by atoms with van der Waals surface area (Å²) < 4.78 is 23.2. The normalized spacial score (nSPS) is 11.9. The number of hydrogen-bond donors (Lipinski definition) is 1. The van der Waals surface area contributed by atoms with Gasteiger partial charge in [-0.25, -0.2) is 0 Å². The van der Waals surface area contributed by atoms with Crippen LogP contribution < -0.4 is 24.3 Å². The van der Waals surface area contributed by atoms with E-state index in [2.05, 4.69) is 21.2 Å². The molecule has 1 heterocycles. The quantitative estimate of drug-likeness (QED) is 0.533. The summed E-state index contributed by atoms with van der Waals surface area (Å²) in [7, 11) is 1.65. The van der Waals surface area contributed by atoms with Crippen LogP contribution >= 0.6 is 15.9 Å². The van der Waals surface area contributed by atoms with Crippen molar-refractivity contribution in [3.05, 3.63) is 76.3 Å². The lowest BCUT2D eigenvalue weighted by Gasteiger charge is -2.15. The van der Waals surface area contributed by atoms with Gasteiger partial charge in [0.25, 0.3) is 0 Å². The average molecular weight is 442 g/mol. The molecule has 6 heteroatoms. The molecule has 5 nitrogen and oxygen atoms in total. The number of fused-ring (bicyclic) bond motifs is 1. The van der Waals surface area contributed by atoms with Crippen LogP contribution in [0.5, 0.6) is 23.0 Å². The topological polar surface area (TPSA) is 49.0 Å². The number of hydrogen-bond acceptors (Lipinski definition) is 5. The number of benzene rings is 3. The molecule has 0 spiro atoms. The maximum atomic E-state index is 5.96. The molecular formula is C22H20BrNO4. The molecule has 0 unspecified atom stereocenters. The van der Waals surface area contributed by atoms with Crippen LogP contribution in [0.15, 0.2) is 65.1 Å². The molecule has 3 aromatic rings. The van der Waals surface area contributed by atoms with Gasteiger partial charge in [-0.1, -0.05) is 46.3 Å². The summed E-state index contributed by atoms with van der Waals surface area (Å²) in [6.07, 6.45) is 0. The number of rotatable bonds is 7. The fourth-order valence-corrected chi connectivity index (χ4v) is 3.39. The molecule has 0 saturated carbocycles. The second-order valence-electron chi connectivity index (χ2n) is 6.29. The summed E-state index contributed by atoms with van der Waals surface area (Å²) in [5, 5.41) is 3.40. The van der Waals surface area contributed by atoms with Gasteiger partial charge in [-0.15, -0.1) is 0 Å². The van der Waals surface area contributed by atoms with Crippen molar-refractivity contribution in [1.29, 1.82) is 0 Å². The maximum absolute atomic E-state index is 5.96. The van der Waals surface area contributed by atoms with Crippen LogP contribution in [0.3, 0.4) is 0 Å². The first-order valence-electron chi connectivity index (χ1n) is 8.89. The minimum atomic E-state index is 0.270. The van der Waals surface area contributed by atoms with Crippen molar-refractivity contribution in [2.45, 2.75) is 13.2 Å². The third-order valence-corrected chi connectivity index (χ3v) is 5.16. The lowest BCUT2D eigenvalue weighted by Crippen LogP contribution is -2.03. The van der Waals surface area contributed by atoms with Crippen molar-refractivity contribution in [2.24, 2.45) is 0 Å².